The lowest BCUT2D eigenvalue weighted by atomic mass is 10.1. The van der Waals surface area contributed by atoms with Gasteiger partial charge in [0.25, 0.3) is 0 Å². The SMILES string of the molecule is CN(CC#CCN1CCCC1)C(=O)CCCCCNC(=O)CCN(C(=O)[O-])C(C)(C)C. The topological polar surface area (TPSA) is 96.0 Å². The average molecular weight is 436 g/mol. The van der Waals surface area contributed by atoms with Crippen LogP contribution in [0, 0.1) is 11.8 Å². The van der Waals surface area contributed by atoms with E-state index in [4.69, 9.17) is 0 Å². The van der Waals surface area contributed by atoms with Crippen LogP contribution in [0.1, 0.15) is 65.7 Å². The van der Waals surface area contributed by atoms with Crippen LogP contribution < -0.4 is 10.4 Å². The van der Waals surface area contributed by atoms with Crippen molar-refractivity contribution in [1.29, 1.82) is 0 Å². The van der Waals surface area contributed by atoms with E-state index in [2.05, 4.69) is 22.1 Å². The zero-order valence-electron chi connectivity index (χ0n) is 19.7. The lowest BCUT2D eigenvalue weighted by molar-refractivity contribution is -0.270. The van der Waals surface area contributed by atoms with Gasteiger partial charge < -0.3 is 25.0 Å². The predicted molar refractivity (Wildman–Crippen MR) is 119 cm³/mol. The molecular formula is C23H39N4O4-. The Morgan fingerprint density at radius 1 is 1.03 bits per heavy atom. The van der Waals surface area contributed by atoms with Gasteiger partial charge >= 0.3 is 0 Å². The molecule has 1 fully saturated rings. The smallest absolute Gasteiger partial charge is 0.223 e. The number of unbranched alkanes of at least 4 members (excludes halogenated alkanes) is 2. The summed E-state index contributed by atoms with van der Waals surface area (Å²) >= 11 is 0. The van der Waals surface area contributed by atoms with E-state index >= 15 is 0 Å². The molecule has 0 saturated carbocycles. The number of carboxylic acid groups (broad SMARTS) is 1. The third-order valence-corrected chi connectivity index (χ3v) is 5.35. The van der Waals surface area contributed by atoms with Gasteiger partial charge in [0.2, 0.25) is 11.8 Å². The van der Waals surface area contributed by atoms with Crippen LogP contribution in [0.15, 0.2) is 0 Å². The van der Waals surface area contributed by atoms with E-state index in [0.29, 0.717) is 19.5 Å². The Morgan fingerprint density at radius 2 is 1.71 bits per heavy atom. The summed E-state index contributed by atoms with van der Waals surface area (Å²) in [6, 6.07) is 0. The summed E-state index contributed by atoms with van der Waals surface area (Å²) in [6.07, 6.45) is 4.20. The molecule has 0 bridgehead atoms. The summed E-state index contributed by atoms with van der Waals surface area (Å²) in [5, 5.41) is 14.0. The van der Waals surface area contributed by atoms with Crippen molar-refractivity contribution in [2.45, 2.75) is 71.3 Å². The van der Waals surface area contributed by atoms with Gasteiger partial charge in [-0.3, -0.25) is 14.5 Å². The zero-order chi connectivity index (χ0) is 23.3. The van der Waals surface area contributed by atoms with Crippen molar-refractivity contribution in [3.8, 4) is 11.8 Å². The fraction of sp³-hybridized carbons (Fsp3) is 0.783. The molecule has 8 heteroatoms. The lowest BCUT2D eigenvalue weighted by Gasteiger charge is -2.37. The Bertz CT molecular complexity index is 642. The first-order valence-electron chi connectivity index (χ1n) is 11.3. The van der Waals surface area contributed by atoms with Crippen LogP contribution >= 0.6 is 0 Å². The van der Waals surface area contributed by atoms with Gasteiger partial charge in [-0.05, 0) is 59.5 Å². The number of rotatable bonds is 11. The van der Waals surface area contributed by atoms with Gasteiger partial charge in [0, 0.05) is 38.5 Å². The molecule has 1 N–H and O–H groups in total. The van der Waals surface area contributed by atoms with Crippen LogP contribution in [0.25, 0.3) is 0 Å². The van der Waals surface area contributed by atoms with Crippen molar-refractivity contribution in [1.82, 2.24) is 20.0 Å². The molecule has 1 rings (SSSR count). The normalized spacial score (nSPS) is 13.9. The number of carbonyl (C=O) groups is 3. The Morgan fingerprint density at radius 3 is 2.32 bits per heavy atom. The molecule has 0 aromatic carbocycles. The van der Waals surface area contributed by atoms with Gasteiger partial charge in [0.05, 0.1) is 13.1 Å². The van der Waals surface area contributed by atoms with Gasteiger partial charge in [-0.25, -0.2) is 0 Å². The molecule has 1 aliphatic heterocycles. The molecule has 0 unspecified atom stereocenters. The van der Waals surface area contributed by atoms with E-state index in [-0.39, 0.29) is 24.8 Å². The van der Waals surface area contributed by atoms with Gasteiger partial charge in [0.1, 0.15) is 6.09 Å². The second-order valence-electron chi connectivity index (χ2n) is 9.09. The molecule has 31 heavy (non-hydrogen) atoms. The van der Waals surface area contributed by atoms with E-state index in [0.717, 1.165) is 43.8 Å². The standard InChI is InChI=1S/C23H40N4O4/c1-23(2,3)27(22(30)31)19-13-20(28)24-14-7-5-6-12-21(29)25(4)15-8-9-16-26-17-10-11-18-26/h5-7,10-19H2,1-4H3,(H,24,28)(H,30,31)/p-1. The molecular weight excluding hydrogens is 396 g/mol. The van der Waals surface area contributed by atoms with E-state index in [9.17, 15) is 19.5 Å². The van der Waals surface area contributed by atoms with Gasteiger partial charge in [-0.15, -0.1) is 0 Å². The van der Waals surface area contributed by atoms with Crippen LogP contribution in [-0.2, 0) is 9.59 Å². The fourth-order valence-electron chi connectivity index (χ4n) is 3.37. The second kappa shape index (κ2) is 13.9. The summed E-state index contributed by atoms with van der Waals surface area (Å²) in [4.78, 5) is 40.4. The highest BCUT2D eigenvalue weighted by molar-refractivity contribution is 5.77. The number of amides is 3. The molecule has 176 valence electrons. The van der Waals surface area contributed by atoms with E-state index < -0.39 is 11.6 Å². The first-order valence-corrected chi connectivity index (χ1v) is 11.3. The maximum Gasteiger partial charge on any atom is 0.223 e. The molecule has 0 aromatic rings. The van der Waals surface area contributed by atoms with Gasteiger partial charge in [-0.1, -0.05) is 18.3 Å². The fourth-order valence-corrected chi connectivity index (χ4v) is 3.37. The molecule has 1 heterocycles. The van der Waals surface area contributed by atoms with Crippen LogP contribution in [0.4, 0.5) is 4.79 Å². The molecule has 0 spiro atoms. The number of hydrogen-bond donors (Lipinski definition) is 1. The Labute approximate surface area is 187 Å². The van der Waals surface area contributed by atoms with Crippen molar-refractivity contribution in [3.63, 3.8) is 0 Å². The Kier molecular flexibility index (Phi) is 12.0. The summed E-state index contributed by atoms with van der Waals surface area (Å²) in [5.41, 5.74) is -0.599. The number of nitrogens with zero attached hydrogens (tertiary/aromatic N) is 3. The molecule has 0 atom stereocenters. The van der Waals surface area contributed by atoms with E-state index in [1.165, 1.54) is 12.8 Å². The average Bonchev–Trinajstić information content (AvgIpc) is 3.19. The van der Waals surface area contributed by atoms with Crippen molar-refractivity contribution in [2.75, 3.05) is 46.3 Å². The summed E-state index contributed by atoms with van der Waals surface area (Å²) in [6.45, 7) is 9.42. The summed E-state index contributed by atoms with van der Waals surface area (Å²) in [7, 11) is 1.78. The highest BCUT2D eigenvalue weighted by atomic mass is 16.4. The third kappa shape index (κ3) is 11.6. The van der Waals surface area contributed by atoms with Crippen molar-refractivity contribution < 1.29 is 19.5 Å². The first kappa shape index (κ1) is 26.8. The van der Waals surface area contributed by atoms with Crippen LogP contribution in [-0.4, -0.2) is 84.5 Å². The molecule has 3 amide bonds. The maximum absolute atomic E-state index is 12.1. The highest BCUT2D eigenvalue weighted by Crippen LogP contribution is 2.12. The van der Waals surface area contributed by atoms with Crippen molar-refractivity contribution >= 4 is 17.9 Å². The Hall–Kier alpha value is -2.27. The van der Waals surface area contributed by atoms with Crippen molar-refractivity contribution in [3.05, 3.63) is 0 Å². The second-order valence-corrected chi connectivity index (χ2v) is 9.09. The summed E-state index contributed by atoms with van der Waals surface area (Å²) in [5.74, 6) is 6.12. The van der Waals surface area contributed by atoms with E-state index in [1.54, 1.807) is 32.7 Å². The van der Waals surface area contributed by atoms with Crippen LogP contribution in [0.2, 0.25) is 0 Å². The summed E-state index contributed by atoms with van der Waals surface area (Å²) < 4.78 is 0. The lowest BCUT2D eigenvalue weighted by Crippen LogP contribution is -2.52. The largest absolute Gasteiger partial charge is 0.530 e. The predicted octanol–water partition coefficient (Wildman–Crippen LogP) is 1.05. The molecule has 0 aliphatic carbocycles. The minimum absolute atomic E-state index is 0.0871. The maximum atomic E-state index is 12.1. The quantitative estimate of drug-likeness (QED) is 0.387. The number of hydrogen-bond acceptors (Lipinski definition) is 5. The van der Waals surface area contributed by atoms with Gasteiger partial charge in [0.15, 0.2) is 0 Å². The van der Waals surface area contributed by atoms with E-state index in [1.807, 2.05) is 0 Å². The first-order chi connectivity index (χ1) is 14.6. The monoisotopic (exact) mass is 435 g/mol. The minimum atomic E-state index is -1.27. The highest BCUT2D eigenvalue weighted by Gasteiger charge is 2.21. The molecule has 8 nitrogen and oxygen atoms in total. The van der Waals surface area contributed by atoms with Gasteiger partial charge in [-0.2, -0.15) is 0 Å². The number of nitrogens with one attached hydrogen (secondary N) is 1. The number of carbonyl (C=O) groups excluding carboxylic acids is 3. The van der Waals surface area contributed by atoms with Crippen LogP contribution in [0.5, 0.6) is 0 Å². The Balaban J connectivity index is 2.08. The molecule has 1 saturated heterocycles. The minimum Gasteiger partial charge on any atom is -0.530 e. The molecule has 1 aliphatic rings. The van der Waals surface area contributed by atoms with Crippen LogP contribution in [0.3, 0.4) is 0 Å². The zero-order valence-corrected chi connectivity index (χ0v) is 19.7. The van der Waals surface area contributed by atoms with Crippen molar-refractivity contribution in [2.24, 2.45) is 0 Å². The third-order valence-electron chi connectivity index (χ3n) is 5.35. The molecule has 0 radical (unpaired) electrons. The molecule has 0 aromatic heterocycles. The number of likely N-dealkylation sites (tertiary alicyclic amines) is 1.